The molecule has 1 amide bonds. The third-order valence-electron chi connectivity index (χ3n) is 6.99. The molecule has 1 aliphatic carbocycles. The molecule has 0 bridgehead atoms. The fourth-order valence-electron chi connectivity index (χ4n) is 4.48. The Labute approximate surface area is 201 Å². The molecule has 1 saturated carbocycles. The number of nitrogens with zero attached hydrogens (tertiary/aromatic N) is 3. The summed E-state index contributed by atoms with van der Waals surface area (Å²) in [4.78, 5) is 22.3. The highest BCUT2D eigenvalue weighted by atomic mass is 16.5. The summed E-state index contributed by atoms with van der Waals surface area (Å²) in [5, 5.41) is 4.47. The number of rotatable bonds is 5. The highest BCUT2D eigenvalue weighted by molar-refractivity contribution is 5.97. The van der Waals surface area contributed by atoms with Gasteiger partial charge in [0.25, 0.3) is 5.91 Å². The summed E-state index contributed by atoms with van der Waals surface area (Å²) in [6.45, 7) is 5.26. The van der Waals surface area contributed by atoms with Crippen LogP contribution in [0.2, 0.25) is 0 Å². The minimum Gasteiger partial charge on any atom is -0.497 e. The van der Waals surface area contributed by atoms with Crippen LogP contribution in [0.3, 0.4) is 0 Å². The van der Waals surface area contributed by atoms with E-state index in [1.54, 1.807) is 7.11 Å². The maximum absolute atomic E-state index is 13.2. The first-order valence-electron chi connectivity index (χ1n) is 12.0. The SMILES string of the molecule is CN1C=CC1.COc1ccc(C)c(C(=O)NC2(c3cc(N4CCC4)cc4ncccc34)CC2)c1. The van der Waals surface area contributed by atoms with E-state index in [-0.39, 0.29) is 11.4 Å². The molecule has 0 atom stereocenters. The molecule has 3 aromatic rings. The van der Waals surface area contributed by atoms with Crippen LogP contribution in [0, 0.1) is 6.92 Å². The van der Waals surface area contributed by atoms with Gasteiger partial charge in [-0.25, -0.2) is 0 Å². The van der Waals surface area contributed by atoms with Crippen LogP contribution in [0.4, 0.5) is 5.69 Å². The second-order valence-corrected chi connectivity index (χ2v) is 9.45. The van der Waals surface area contributed by atoms with Crippen molar-refractivity contribution in [1.29, 1.82) is 0 Å². The highest BCUT2D eigenvalue weighted by Crippen LogP contribution is 2.49. The average molecular weight is 457 g/mol. The van der Waals surface area contributed by atoms with Crippen LogP contribution in [0.5, 0.6) is 5.75 Å². The molecule has 2 aliphatic heterocycles. The molecule has 34 heavy (non-hydrogen) atoms. The molecular formula is C28H32N4O2. The molecule has 6 nitrogen and oxygen atoms in total. The van der Waals surface area contributed by atoms with E-state index in [2.05, 4.69) is 57.6 Å². The van der Waals surface area contributed by atoms with Crippen LogP contribution < -0.4 is 15.0 Å². The fraction of sp³-hybridized carbons (Fsp3) is 0.357. The van der Waals surface area contributed by atoms with Crippen molar-refractivity contribution >= 4 is 22.5 Å². The summed E-state index contributed by atoms with van der Waals surface area (Å²) in [5.41, 5.74) is 4.66. The Balaban J connectivity index is 0.000000429. The molecule has 0 unspecified atom stereocenters. The van der Waals surface area contributed by atoms with Gasteiger partial charge >= 0.3 is 0 Å². The van der Waals surface area contributed by atoms with Crippen LogP contribution in [0.15, 0.2) is 60.9 Å². The van der Waals surface area contributed by atoms with E-state index >= 15 is 0 Å². The number of carbonyl (C=O) groups is 1. The highest BCUT2D eigenvalue weighted by Gasteiger charge is 2.47. The predicted molar refractivity (Wildman–Crippen MR) is 136 cm³/mol. The Bertz CT molecular complexity index is 1240. The van der Waals surface area contributed by atoms with E-state index in [4.69, 9.17) is 4.74 Å². The number of aromatic nitrogens is 1. The van der Waals surface area contributed by atoms with E-state index in [0.29, 0.717) is 11.3 Å². The number of hydrogen-bond donors (Lipinski definition) is 1. The van der Waals surface area contributed by atoms with Gasteiger partial charge in [0, 0.05) is 49.5 Å². The number of fused-ring (bicyclic) bond motifs is 1. The Kier molecular flexibility index (Phi) is 5.90. The van der Waals surface area contributed by atoms with Gasteiger partial charge < -0.3 is 19.9 Å². The second-order valence-electron chi connectivity index (χ2n) is 9.45. The van der Waals surface area contributed by atoms with Crippen molar-refractivity contribution in [3.05, 3.63) is 77.6 Å². The van der Waals surface area contributed by atoms with E-state index in [1.165, 1.54) is 17.7 Å². The number of carbonyl (C=O) groups excluding carboxylic acids is 1. The van der Waals surface area contributed by atoms with Gasteiger partial charge in [0.2, 0.25) is 0 Å². The lowest BCUT2D eigenvalue weighted by molar-refractivity contribution is 0.0930. The molecule has 1 N–H and O–H groups in total. The lowest BCUT2D eigenvalue weighted by Gasteiger charge is -2.34. The summed E-state index contributed by atoms with van der Waals surface area (Å²) < 4.78 is 5.32. The molecule has 2 aromatic carbocycles. The first-order valence-corrected chi connectivity index (χ1v) is 12.0. The number of aryl methyl sites for hydroxylation is 1. The monoisotopic (exact) mass is 456 g/mol. The third-order valence-corrected chi connectivity index (χ3v) is 6.99. The van der Waals surface area contributed by atoms with E-state index in [9.17, 15) is 4.79 Å². The molecule has 3 heterocycles. The number of anilines is 1. The van der Waals surface area contributed by atoms with Crippen LogP contribution in [-0.4, -0.2) is 49.6 Å². The maximum atomic E-state index is 13.2. The molecule has 2 fully saturated rings. The van der Waals surface area contributed by atoms with E-state index in [1.807, 2.05) is 37.4 Å². The van der Waals surface area contributed by atoms with Crippen molar-refractivity contribution in [3.63, 3.8) is 0 Å². The molecule has 1 aromatic heterocycles. The van der Waals surface area contributed by atoms with Crippen LogP contribution in [0.25, 0.3) is 10.9 Å². The Morgan fingerprint density at radius 1 is 1.15 bits per heavy atom. The molecule has 3 aliphatic rings. The summed E-state index contributed by atoms with van der Waals surface area (Å²) in [6.07, 6.45) is 9.13. The number of amides is 1. The number of ether oxygens (including phenoxy) is 1. The topological polar surface area (TPSA) is 57.7 Å². The number of benzene rings is 2. The van der Waals surface area contributed by atoms with Crippen molar-refractivity contribution in [1.82, 2.24) is 15.2 Å². The summed E-state index contributed by atoms with van der Waals surface area (Å²) >= 11 is 0. The van der Waals surface area contributed by atoms with Gasteiger partial charge in [0.15, 0.2) is 0 Å². The lowest BCUT2D eigenvalue weighted by Crippen LogP contribution is -2.38. The molecule has 0 spiro atoms. The molecule has 176 valence electrons. The summed E-state index contributed by atoms with van der Waals surface area (Å²) in [5.74, 6) is 0.644. The minimum absolute atomic E-state index is 0.0507. The zero-order chi connectivity index (χ0) is 23.7. The number of methoxy groups -OCH3 is 1. The lowest BCUT2D eigenvalue weighted by atomic mass is 9.96. The van der Waals surface area contributed by atoms with Crippen molar-refractivity contribution < 1.29 is 9.53 Å². The van der Waals surface area contributed by atoms with Crippen LogP contribution in [-0.2, 0) is 5.54 Å². The van der Waals surface area contributed by atoms with Crippen LogP contribution >= 0.6 is 0 Å². The van der Waals surface area contributed by atoms with Gasteiger partial charge in [-0.05, 0) is 79.9 Å². The van der Waals surface area contributed by atoms with Crippen molar-refractivity contribution in [2.24, 2.45) is 0 Å². The van der Waals surface area contributed by atoms with Gasteiger partial charge in [-0.3, -0.25) is 9.78 Å². The fourth-order valence-corrected chi connectivity index (χ4v) is 4.48. The first kappa shape index (κ1) is 22.3. The van der Waals surface area contributed by atoms with Crippen molar-refractivity contribution in [2.45, 2.75) is 31.7 Å². The normalized spacial score (nSPS) is 17.3. The zero-order valence-corrected chi connectivity index (χ0v) is 20.2. The predicted octanol–water partition coefficient (Wildman–Crippen LogP) is 4.63. The van der Waals surface area contributed by atoms with Crippen molar-refractivity contribution in [3.8, 4) is 5.75 Å². The van der Waals surface area contributed by atoms with Crippen molar-refractivity contribution in [2.75, 3.05) is 38.7 Å². The van der Waals surface area contributed by atoms with Gasteiger partial charge in [-0.1, -0.05) is 12.1 Å². The maximum Gasteiger partial charge on any atom is 0.252 e. The number of hydrogen-bond acceptors (Lipinski definition) is 5. The number of pyridine rings is 1. The first-order chi connectivity index (χ1) is 16.5. The van der Waals surface area contributed by atoms with Gasteiger partial charge in [-0.15, -0.1) is 0 Å². The quantitative estimate of drug-likeness (QED) is 0.607. The van der Waals surface area contributed by atoms with Crippen LogP contribution in [0.1, 0.15) is 40.7 Å². The third kappa shape index (κ3) is 4.32. The summed E-state index contributed by atoms with van der Waals surface area (Å²) in [6, 6.07) is 14.1. The Hall–Kier alpha value is -3.54. The minimum atomic E-state index is -0.325. The Morgan fingerprint density at radius 3 is 2.50 bits per heavy atom. The average Bonchev–Trinajstić information content (AvgIpc) is 3.57. The number of likely N-dealkylation sites (N-methyl/N-ethyl adjacent to an activating group) is 1. The number of nitrogens with one attached hydrogen (secondary N) is 1. The van der Waals surface area contributed by atoms with Gasteiger partial charge in [0.1, 0.15) is 5.75 Å². The second kappa shape index (κ2) is 9.01. The smallest absolute Gasteiger partial charge is 0.252 e. The standard InChI is InChI=1S/C24H25N3O2.C4H7N/c1-16-6-7-18(29-2)15-20(16)23(28)26-24(8-9-24)21-13-17(27-11-4-12-27)14-22-19(21)5-3-10-25-22;1-5-3-2-4-5/h3,5-7,10,13-15H,4,8-9,11-12H2,1-2H3,(H,26,28);2-3H,4H2,1H3. The van der Waals surface area contributed by atoms with Gasteiger partial charge in [-0.2, -0.15) is 0 Å². The van der Waals surface area contributed by atoms with Gasteiger partial charge in [0.05, 0.1) is 18.2 Å². The largest absolute Gasteiger partial charge is 0.497 e. The van der Waals surface area contributed by atoms with E-state index < -0.39 is 0 Å². The molecule has 1 saturated heterocycles. The molecule has 0 radical (unpaired) electrons. The Morgan fingerprint density at radius 2 is 1.91 bits per heavy atom. The van der Waals surface area contributed by atoms with E-state index in [0.717, 1.165) is 48.9 Å². The summed E-state index contributed by atoms with van der Waals surface area (Å²) in [7, 11) is 3.68. The zero-order valence-electron chi connectivity index (χ0n) is 20.2. The molecular weight excluding hydrogens is 424 g/mol. The molecule has 6 heteroatoms. The molecule has 6 rings (SSSR count).